The van der Waals surface area contributed by atoms with Crippen molar-refractivity contribution in [2.75, 3.05) is 6.54 Å². The van der Waals surface area contributed by atoms with Crippen LogP contribution in [0.2, 0.25) is 0 Å². The molecule has 3 aromatic rings. The first-order valence-electron chi connectivity index (χ1n) is 8.89. The molecule has 0 unspecified atom stereocenters. The minimum atomic E-state index is 0.0428. The molecule has 2 aromatic heterocycles. The summed E-state index contributed by atoms with van der Waals surface area (Å²) in [6, 6.07) is 15.9. The fourth-order valence-corrected chi connectivity index (χ4v) is 3.95. The highest BCUT2D eigenvalue weighted by Crippen LogP contribution is 2.32. The molecule has 1 aromatic carbocycles. The molecule has 1 aliphatic rings. The van der Waals surface area contributed by atoms with Crippen LogP contribution in [0.15, 0.2) is 48.7 Å². The van der Waals surface area contributed by atoms with E-state index >= 15 is 0 Å². The number of nitrogens with zero attached hydrogens (tertiary/aromatic N) is 4. The summed E-state index contributed by atoms with van der Waals surface area (Å²) in [5.74, 6) is 0.0755. The second-order valence-electron chi connectivity index (χ2n) is 6.68. The van der Waals surface area contributed by atoms with Gasteiger partial charge in [-0.1, -0.05) is 24.3 Å². The summed E-state index contributed by atoms with van der Waals surface area (Å²) in [5.41, 5.74) is 3.38. The van der Waals surface area contributed by atoms with Crippen molar-refractivity contribution in [2.24, 2.45) is 0 Å². The molecule has 0 saturated carbocycles. The Morgan fingerprint density at radius 2 is 2.08 bits per heavy atom. The van der Waals surface area contributed by atoms with Gasteiger partial charge in [-0.15, -0.1) is 0 Å². The third-order valence-corrected chi connectivity index (χ3v) is 5.24. The van der Waals surface area contributed by atoms with Crippen LogP contribution in [0.1, 0.15) is 35.8 Å². The molecule has 1 aliphatic heterocycles. The maximum Gasteiger partial charge on any atom is 0.243 e. The van der Waals surface area contributed by atoms with E-state index in [1.807, 2.05) is 58.9 Å². The first kappa shape index (κ1) is 16.3. The number of benzene rings is 1. The first-order valence-corrected chi connectivity index (χ1v) is 8.89. The molecule has 4 rings (SSSR count). The number of para-hydroxylation sites is 1. The number of hydrogen-bond acceptors (Lipinski definition) is 3. The van der Waals surface area contributed by atoms with Crippen molar-refractivity contribution in [1.29, 1.82) is 5.26 Å². The maximum atomic E-state index is 13.1. The Morgan fingerprint density at radius 1 is 1.27 bits per heavy atom. The van der Waals surface area contributed by atoms with Crippen LogP contribution >= 0.6 is 0 Å². The third-order valence-electron chi connectivity index (χ3n) is 5.24. The van der Waals surface area contributed by atoms with Crippen LogP contribution in [-0.4, -0.2) is 26.9 Å². The molecule has 0 N–H and O–H groups in total. The van der Waals surface area contributed by atoms with E-state index in [0.717, 1.165) is 41.7 Å². The number of carbonyl (C=O) groups excluding carboxylic acids is 1. The molecular formula is C21H20N4O. The molecule has 0 bridgehead atoms. The normalized spacial score (nSPS) is 16.8. The van der Waals surface area contributed by atoms with Crippen molar-refractivity contribution in [3.8, 4) is 6.07 Å². The van der Waals surface area contributed by atoms with Gasteiger partial charge in [-0.2, -0.15) is 5.26 Å². The van der Waals surface area contributed by atoms with Crippen LogP contribution in [0.5, 0.6) is 0 Å². The lowest BCUT2D eigenvalue weighted by Gasteiger charge is -2.25. The zero-order chi connectivity index (χ0) is 18.1. The Morgan fingerprint density at radius 3 is 2.85 bits per heavy atom. The number of nitriles is 1. The second-order valence-corrected chi connectivity index (χ2v) is 6.68. The van der Waals surface area contributed by atoms with E-state index in [9.17, 15) is 10.1 Å². The van der Waals surface area contributed by atoms with Gasteiger partial charge in [0.2, 0.25) is 5.91 Å². The number of aromatic nitrogens is 2. The number of fused-ring (bicyclic) bond motifs is 1. The summed E-state index contributed by atoms with van der Waals surface area (Å²) in [6.45, 7) is 2.91. The number of rotatable bonds is 3. The van der Waals surface area contributed by atoms with Gasteiger partial charge < -0.3 is 9.47 Å². The quantitative estimate of drug-likeness (QED) is 0.729. The lowest BCUT2D eigenvalue weighted by Crippen LogP contribution is -2.34. The van der Waals surface area contributed by atoms with E-state index in [0.29, 0.717) is 5.56 Å². The van der Waals surface area contributed by atoms with Crippen molar-refractivity contribution in [3.63, 3.8) is 0 Å². The SMILES string of the molecule is Cc1c(C#N)c2ccccc2n1CC(=O)N1CCC[C@H]1c1ccccn1. The zero-order valence-electron chi connectivity index (χ0n) is 14.7. The molecule has 130 valence electrons. The first-order chi connectivity index (χ1) is 12.7. The molecule has 26 heavy (non-hydrogen) atoms. The second kappa shape index (κ2) is 6.64. The average Bonchev–Trinajstić information content (AvgIpc) is 3.26. The molecular weight excluding hydrogens is 324 g/mol. The highest BCUT2D eigenvalue weighted by Gasteiger charge is 2.31. The van der Waals surface area contributed by atoms with Gasteiger partial charge in [-0.3, -0.25) is 9.78 Å². The topological polar surface area (TPSA) is 61.9 Å². The highest BCUT2D eigenvalue weighted by atomic mass is 16.2. The molecule has 1 amide bonds. The van der Waals surface area contributed by atoms with Crippen LogP contribution in [0.4, 0.5) is 0 Å². The van der Waals surface area contributed by atoms with Crippen molar-refractivity contribution in [3.05, 3.63) is 65.6 Å². The Hall–Kier alpha value is -3.13. The summed E-state index contributed by atoms with van der Waals surface area (Å²) in [4.78, 5) is 19.5. The third kappa shape index (κ3) is 2.64. The summed E-state index contributed by atoms with van der Waals surface area (Å²) in [6.07, 6.45) is 3.71. The van der Waals surface area contributed by atoms with Crippen LogP contribution in [-0.2, 0) is 11.3 Å². The van der Waals surface area contributed by atoms with E-state index in [1.165, 1.54) is 0 Å². The number of likely N-dealkylation sites (tertiary alicyclic amines) is 1. The average molecular weight is 344 g/mol. The molecule has 5 nitrogen and oxygen atoms in total. The van der Waals surface area contributed by atoms with Crippen LogP contribution in [0, 0.1) is 18.3 Å². The molecule has 1 atom stereocenters. The lowest BCUT2D eigenvalue weighted by atomic mass is 10.1. The maximum absolute atomic E-state index is 13.1. The fourth-order valence-electron chi connectivity index (χ4n) is 3.95. The van der Waals surface area contributed by atoms with Crippen molar-refractivity contribution in [2.45, 2.75) is 32.4 Å². The summed E-state index contributed by atoms with van der Waals surface area (Å²) >= 11 is 0. The molecule has 0 spiro atoms. The van der Waals surface area contributed by atoms with Gasteiger partial charge >= 0.3 is 0 Å². The van der Waals surface area contributed by atoms with E-state index in [-0.39, 0.29) is 18.5 Å². The van der Waals surface area contributed by atoms with Gasteiger partial charge in [0.1, 0.15) is 12.6 Å². The number of carbonyl (C=O) groups is 1. The standard InChI is InChI=1S/C21H20N4O/c1-15-17(13-22)16-7-2-3-9-19(16)25(15)14-21(26)24-12-6-10-20(24)18-8-4-5-11-23-18/h2-5,7-9,11,20H,6,10,12,14H2,1H3/t20-/m0/s1. The Bertz CT molecular complexity index is 1000. The Kier molecular flexibility index (Phi) is 4.18. The van der Waals surface area contributed by atoms with Gasteiger partial charge in [0.05, 0.1) is 22.8 Å². The monoisotopic (exact) mass is 344 g/mol. The smallest absolute Gasteiger partial charge is 0.243 e. The lowest BCUT2D eigenvalue weighted by molar-refractivity contribution is -0.132. The van der Waals surface area contributed by atoms with E-state index in [2.05, 4.69) is 11.1 Å². The minimum absolute atomic E-state index is 0.0428. The van der Waals surface area contributed by atoms with Crippen molar-refractivity contribution < 1.29 is 4.79 Å². The van der Waals surface area contributed by atoms with Crippen LogP contribution in [0.3, 0.4) is 0 Å². The van der Waals surface area contributed by atoms with E-state index in [4.69, 9.17) is 0 Å². The highest BCUT2D eigenvalue weighted by molar-refractivity contribution is 5.89. The predicted molar refractivity (Wildman–Crippen MR) is 99.3 cm³/mol. The molecule has 3 heterocycles. The molecule has 0 aliphatic carbocycles. The van der Waals surface area contributed by atoms with Gasteiger partial charge in [0, 0.05) is 23.8 Å². The Labute approximate surface area is 152 Å². The number of pyridine rings is 1. The van der Waals surface area contributed by atoms with Crippen molar-refractivity contribution in [1.82, 2.24) is 14.5 Å². The van der Waals surface area contributed by atoms with Crippen LogP contribution < -0.4 is 0 Å². The van der Waals surface area contributed by atoms with Gasteiger partial charge in [0.25, 0.3) is 0 Å². The van der Waals surface area contributed by atoms with Gasteiger partial charge in [-0.05, 0) is 38.0 Å². The zero-order valence-corrected chi connectivity index (χ0v) is 14.7. The summed E-state index contributed by atoms with van der Waals surface area (Å²) < 4.78 is 1.96. The molecule has 0 radical (unpaired) electrons. The number of hydrogen-bond donors (Lipinski definition) is 0. The van der Waals surface area contributed by atoms with E-state index < -0.39 is 0 Å². The van der Waals surface area contributed by atoms with Crippen LogP contribution in [0.25, 0.3) is 10.9 Å². The van der Waals surface area contributed by atoms with Crippen molar-refractivity contribution >= 4 is 16.8 Å². The molecule has 1 fully saturated rings. The minimum Gasteiger partial charge on any atom is -0.334 e. The van der Waals surface area contributed by atoms with Gasteiger partial charge in [-0.25, -0.2) is 0 Å². The Balaban J connectivity index is 1.66. The summed E-state index contributed by atoms with van der Waals surface area (Å²) in [7, 11) is 0. The van der Waals surface area contributed by atoms with E-state index in [1.54, 1.807) is 6.20 Å². The number of amides is 1. The van der Waals surface area contributed by atoms with Gasteiger partial charge in [0.15, 0.2) is 0 Å². The molecule has 5 heteroatoms. The molecule has 1 saturated heterocycles. The largest absolute Gasteiger partial charge is 0.334 e. The summed E-state index contributed by atoms with van der Waals surface area (Å²) in [5, 5.41) is 10.4. The fraction of sp³-hybridized carbons (Fsp3) is 0.286. The predicted octanol–water partition coefficient (Wildman–Crippen LogP) is 3.58.